The molecule has 1 atom stereocenters. The van der Waals surface area contributed by atoms with Crippen LogP contribution in [0, 0.1) is 0 Å². The maximum atomic E-state index is 12.1. The summed E-state index contributed by atoms with van der Waals surface area (Å²) in [6.07, 6.45) is 17.6. The van der Waals surface area contributed by atoms with E-state index in [0.717, 1.165) is 36.0 Å². The quantitative estimate of drug-likeness (QED) is 0.0216. The number of ether oxygens (including phenoxy) is 2. The third-order valence-electron chi connectivity index (χ3n) is 8.27. The zero-order chi connectivity index (χ0) is 32.0. The Morgan fingerprint density at radius 2 is 1.11 bits per heavy atom. The van der Waals surface area contributed by atoms with Crippen LogP contribution in [0.15, 0.2) is 108 Å². The van der Waals surface area contributed by atoms with Gasteiger partial charge in [-0.3, -0.25) is 4.79 Å². The lowest BCUT2D eigenvalue weighted by Gasteiger charge is -2.35. The van der Waals surface area contributed by atoms with Crippen LogP contribution < -0.4 is 0 Å². The molecule has 6 heteroatoms. The van der Waals surface area contributed by atoms with Crippen LogP contribution >= 0.6 is 0 Å². The molecule has 0 aromatic heterocycles. The number of carbonyl (C=O) groups is 1. The van der Waals surface area contributed by atoms with E-state index in [2.05, 4.69) is 16.9 Å². The van der Waals surface area contributed by atoms with Crippen LogP contribution in [0.5, 0.6) is 0 Å². The number of hydrogen-bond acceptors (Lipinski definition) is 4. The minimum absolute atomic E-state index is 0.249. The van der Waals surface area contributed by atoms with Crippen molar-refractivity contribution in [2.75, 3.05) is 0 Å². The van der Waals surface area contributed by atoms with Gasteiger partial charge in [0.05, 0.1) is 12.0 Å². The van der Waals surface area contributed by atoms with Gasteiger partial charge in [0.25, 0.3) is 0 Å². The average molecular weight is 610 g/mol. The summed E-state index contributed by atoms with van der Waals surface area (Å²) >= 11 is 0. The summed E-state index contributed by atoms with van der Waals surface area (Å²) in [5, 5.41) is 3.98. The van der Waals surface area contributed by atoms with Gasteiger partial charge in [0, 0.05) is 28.5 Å². The second-order valence-corrected chi connectivity index (χ2v) is 11.8. The smallest absolute Gasteiger partial charge is 0.303 e. The fourth-order valence-corrected chi connectivity index (χ4v) is 5.90. The van der Waals surface area contributed by atoms with E-state index >= 15 is 0 Å². The van der Waals surface area contributed by atoms with Crippen molar-refractivity contribution in [3.63, 3.8) is 0 Å². The summed E-state index contributed by atoms with van der Waals surface area (Å²) in [6, 6.07) is 29.9. The summed E-state index contributed by atoms with van der Waals surface area (Å²) in [6.45, 7) is 3.64. The molecule has 0 radical (unpaired) electrons. The summed E-state index contributed by atoms with van der Waals surface area (Å²) in [4.78, 5) is 15.2. The molecule has 45 heavy (non-hydrogen) atoms. The Hall–Kier alpha value is -4.02. The predicted octanol–water partition coefficient (Wildman–Crippen LogP) is 11.6. The SMILES string of the molecule is CCCCCCCCCCCCCCCC(OC(C)=O)/C(=C\OC(c1ccccc1)(c1ccccc1)c1ccccc1)N=[N+]=[N-]. The first kappa shape index (κ1) is 35.5. The molecule has 0 aliphatic carbocycles. The van der Waals surface area contributed by atoms with E-state index in [1.165, 1.54) is 77.4 Å². The molecular formula is C39H51N3O3. The monoisotopic (exact) mass is 609 g/mol. The topological polar surface area (TPSA) is 84.3 Å². The van der Waals surface area contributed by atoms with Gasteiger partial charge in [-0.1, -0.05) is 180 Å². The molecule has 0 bridgehead atoms. The van der Waals surface area contributed by atoms with Gasteiger partial charge < -0.3 is 9.47 Å². The van der Waals surface area contributed by atoms with Crippen molar-refractivity contribution in [3.8, 4) is 0 Å². The van der Waals surface area contributed by atoms with Gasteiger partial charge in [-0.2, -0.15) is 0 Å². The van der Waals surface area contributed by atoms with Crippen LogP contribution in [-0.4, -0.2) is 12.1 Å². The van der Waals surface area contributed by atoms with Crippen molar-refractivity contribution in [1.29, 1.82) is 0 Å². The Bertz CT molecular complexity index is 1210. The molecule has 240 valence electrons. The van der Waals surface area contributed by atoms with Crippen LogP contribution in [0.25, 0.3) is 10.4 Å². The molecule has 0 spiro atoms. The molecule has 0 aliphatic heterocycles. The largest absolute Gasteiger partial charge is 0.480 e. The zero-order valence-corrected chi connectivity index (χ0v) is 27.3. The number of carbonyl (C=O) groups excluding carboxylic acids is 1. The van der Waals surface area contributed by atoms with Crippen LogP contribution in [0.1, 0.15) is 120 Å². The predicted molar refractivity (Wildman–Crippen MR) is 183 cm³/mol. The molecule has 0 amide bonds. The van der Waals surface area contributed by atoms with Gasteiger partial charge in [-0.05, 0) is 18.4 Å². The lowest BCUT2D eigenvalue weighted by atomic mass is 9.80. The Morgan fingerprint density at radius 1 is 0.711 bits per heavy atom. The van der Waals surface area contributed by atoms with Crippen LogP contribution in [0.3, 0.4) is 0 Å². The summed E-state index contributed by atoms with van der Waals surface area (Å²) in [5.74, 6) is -0.422. The van der Waals surface area contributed by atoms with Gasteiger partial charge in [0.2, 0.25) is 0 Å². The molecule has 0 aliphatic rings. The van der Waals surface area contributed by atoms with E-state index in [-0.39, 0.29) is 5.70 Å². The van der Waals surface area contributed by atoms with Gasteiger partial charge in [-0.15, -0.1) is 0 Å². The van der Waals surface area contributed by atoms with Gasteiger partial charge >= 0.3 is 5.97 Å². The molecule has 3 aromatic rings. The number of hydrogen-bond donors (Lipinski definition) is 0. The Kier molecular flexibility index (Phi) is 16.4. The summed E-state index contributed by atoms with van der Waals surface area (Å²) in [5.41, 5.74) is 11.5. The third-order valence-corrected chi connectivity index (χ3v) is 8.27. The van der Waals surface area contributed by atoms with E-state index in [4.69, 9.17) is 9.47 Å². The van der Waals surface area contributed by atoms with E-state index in [9.17, 15) is 10.3 Å². The molecule has 1 unspecified atom stereocenters. The average Bonchev–Trinajstić information content (AvgIpc) is 3.07. The Morgan fingerprint density at radius 3 is 1.49 bits per heavy atom. The van der Waals surface area contributed by atoms with Gasteiger partial charge in [-0.25, -0.2) is 0 Å². The number of unbranched alkanes of at least 4 members (excludes halogenated alkanes) is 12. The molecule has 0 saturated heterocycles. The van der Waals surface area contributed by atoms with Crippen molar-refractivity contribution >= 4 is 5.97 Å². The second-order valence-electron chi connectivity index (χ2n) is 11.8. The fraction of sp³-hybridized carbons (Fsp3) is 0.462. The normalized spacial score (nSPS) is 12.3. The Labute approximate surface area is 270 Å². The van der Waals surface area contributed by atoms with Gasteiger partial charge in [0.15, 0.2) is 5.60 Å². The van der Waals surface area contributed by atoms with Crippen molar-refractivity contribution in [1.82, 2.24) is 0 Å². The van der Waals surface area contributed by atoms with Crippen LogP contribution in [0.4, 0.5) is 0 Å². The van der Waals surface area contributed by atoms with E-state index in [0.29, 0.717) is 6.42 Å². The standard InChI is InChI=1S/C39H51N3O3/c1-3-4-5-6-7-8-9-10-11-12-13-14-24-31-38(45-33(2)43)37(41-42-40)32-44-39(34-25-18-15-19-26-34,35-27-20-16-21-28-35)36-29-22-17-23-30-36/h15-23,25-30,32,38H,3-14,24,31H2,1-2H3/b37-32+. The van der Waals surface area contributed by atoms with Gasteiger partial charge in [0.1, 0.15) is 6.10 Å². The van der Waals surface area contributed by atoms with Crippen molar-refractivity contribution in [2.45, 2.75) is 115 Å². The Balaban J connectivity index is 1.72. The number of rotatable bonds is 22. The highest BCUT2D eigenvalue weighted by Gasteiger charge is 2.38. The lowest BCUT2D eigenvalue weighted by Crippen LogP contribution is -2.31. The van der Waals surface area contributed by atoms with E-state index in [1.807, 2.05) is 91.0 Å². The molecule has 0 N–H and O–H groups in total. The first-order valence-electron chi connectivity index (χ1n) is 16.9. The van der Waals surface area contributed by atoms with Crippen molar-refractivity contribution < 1.29 is 14.3 Å². The number of nitrogens with zero attached hydrogens (tertiary/aromatic N) is 3. The molecule has 6 nitrogen and oxygen atoms in total. The molecule has 0 saturated carbocycles. The number of esters is 1. The molecule has 3 aromatic carbocycles. The minimum Gasteiger partial charge on any atom is -0.480 e. The third kappa shape index (κ3) is 11.8. The zero-order valence-electron chi connectivity index (χ0n) is 27.3. The lowest BCUT2D eigenvalue weighted by molar-refractivity contribution is -0.145. The molecule has 0 heterocycles. The highest BCUT2D eigenvalue weighted by Crippen LogP contribution is 2.41. The molecular weight excluding hydrogens is 558 g/mol. The van der Waals surface area contributed by atoms with Crippen LogP contribution in [0.2, 0.25) is 0 Å². The molecule has 3 rings (SSSR count). The minimum atomic E-state index is -1.03. The summed E-state index contributed by atoms with van der Waals surface area (Å²) < 4.78 is 12.5. The van der Waals surface area contributed by atoms with Crippen molar-refractivity contribution in [2.24, 2.45) is 5.11 Å². The first-order valence-corrected chi connectivity index (χ1v) is 16.9. The first-order chi connectivity index (χ1) is 22.1. The fourth-order valence-electron chi connectivity index (χ4n) is 5.90. The van der Waals surface area contributed by atoms with Crippen LogP contribution in [-0.2, 0) is 19.9 Å². The second kappa shape index (κ2) is 20.8. The van der Waals surface area contributed by atoms with E-state index in [1.54, 1.807) is 0 Å². The molecule has 0 fully saturated rings. The van der Waals surface area contributed by atoms with Crippen molar-refractivity contribution in [3.05, 3.63) is 130 Å². The highest BCUT2D eigenvalue weighted by molar-refractivity contribution is 5.66. The van der Waals surface area contributed by atoms with E-state index < -0.39 is 17.7 Å². The maximum absolute atomic E-state index is 12.1. The maximum Gasteiger partial charge on any atom is 0.303 e. The number of azide groups is 1. The summed E-state index contributed by atoms with van der Waals surface area (Å²) in [7, 11) is 0. The number of benzene rings is 3. The highest BCUT2D eigenvalue weighted by atomic mass is 16.5.